The van der Waals surface area contributed by atoms with Gasteiger partial charge in [0, 0.05) is 19.2 Å². The lowest BCUT2D eigenvalue weighted by atomic mass is 10.0. The summed E-state index contributed by atoms with van der Waals surface area (Å²) in [6.07, 6.45) is -0.165. The number of likely N-dealkylation sites (N-methyl/N-ethyl adjacent to an activating group) is 1. The predicted octanol–water partition coefficient (Wildman–Crippen LogP) is 2.66. The van der Waals surface area contributed by atoms with Crippen LogP contribution in [-0.2, 0) is 19.1 Å². The molecular formula is C22H28N2O4S. The molecule has 1 atom stereocenters. The van der Waals surface area contributed by atoms with E-state index in [1.165, 1.54) is 6.92 Å². The van der Waals surface area contributed by atoms with Crippen LogP contribution < -0.4 is 5.32 Å². The lowest BCUT2D eigenvalue weighted by Gasteiger charge is -2.22. The van der Waals surface area contributed by atoms with E-state index in [0.717, 1.165) is 11.1 Å². The highest BCUT2D eigenvalue weighted by atomic mass is 32.1. The summed E-state index contributed by atoms with van der Waals surface area (Å²) in [4.78, 5) is 25.0. The molecule has 1 N–H and O–H groups in total. The van der Waals surface area contributed by atoms with E-state index >= 15 is 0 Å². The SMILES string of the molecule is CC(=O)N[C@@H](CS)C(=O)OCN(C)CCOC(c1ccccc1)c1ccccc1. The minimum absolute atomic E-state index is 0.105. The van der Waals surface area contributed by atoms with Gasteiger partial charge in [0.25, 0.3) is 0 Å². The summed E-state index contributed by atoms with van der Waals surface area (Å²) in [7, 11) is 1.84. The predicted molar refractivity (Wildman–Crippen MR) is 116 cm³/mol. The van der Waals surface area contributed by atoms with E-state index in [2.05, 4.69) is 17.9 Å². The number of carbonyl (C=O) groups is 2. The second-order valence-electron chi connectivity index (χ2n) is 6.68. The Bertz CT molecular complexity index is 718. The van der Waals surface area contributed by atoms with Gasteiger partial charge in [0.15, 0.2) is 0 Å². The molecule has 2 rings (SSSR count). The Morgan fingerprint density at radius 1 is 1.03 bits per heavy atom. The molecular weight excluding hydrogens is 388 g/mol. The van der Waals surface area contributed by atoms with Gasteiger partial charge in [0.1, 0.15) is 18.9 Å². The summed E-state index contributed by atoms with van der Waals surface area (Å²) in [5, 5.41) is 2.51. The lowest BCUT2D eigenvalue weighted by Crippen LogP contribution is -2.43. The van der Waals surface area contributed by atoms with Gasteiger partial charge in [0.05, 0.1) is 6.61 Å². The first-order valence-corrected chi connectivity index (χ1v) is 10.1. The second-order valence-corrected chi connectivity index (χ2v) is 7.05. The van der Waals surface area contributed by atoms with Gasteiger partial charge in [0.2, 0.25) is 5.91 Å². The molecule has 0 bridgehead atoms. The van der Waals surface area contributed by atoms with Crippen LogP contribution in [0.4, 0.5) is 0 Å². The second kappa shape index (κ2) is 12.3. The monoisotopic (exact) mass is 416 g/mol. The van der Waals surface area contributed by atoms with Crippen LogP contribution in [0.15, 0.2) is 60.7 Å². The van der Waals surface area contributed by atoms with Crippen molar-refractivity contribution in [3.05, 3.63) is 71.8 Å². The maximum absolute atomic E-state index is 12.0. The van der Waals surface area contributed by atoms with E-state index in [4.69, 9.17) is 9.47 Å². The number of nitrogens with one attached hydrogen (secondary N) is 1. The largest absolute Gasteiger partial charge is 0.448 e. The van der Waals surface area contributed by atoms with Crippen LogP contribution in [0.1, 0.15) is 24.2 Å². The summed E-state index contributed by atoms with van der Waals surface area (Å²) in [5.74, 6) is -0.619. The first-order valence-electron chi connectivity index (χ1n) is 9.46. The number of benzene rings is 2. The van der Waals surface area contributed by atoms with Crippen LogP contribution in [-0.4, -0.2) is 55.5 Å². The summed E-state index contributed by atoms with van der Waals surface area (Å²) in [5.41, 5.74) is 2.17. The first kappa shape index (κ1) is 22.9. The summed E-state index contributed by atoms with van der Waals surface area (Å²) < 4.78 is 11.4. The van der Waals surface area contributed by atoms with E-state index in [1.54, 1.807) is 0 Å². The summed E-state index contributed by atoms with van der Waals surface area (Å²) >= 11 is 4.07. The van der Waals surface area contributed by atoms with Gasteiger partial charge in [-0.1, -0.05) is 60.7 Å². The minimum Gasteiger partial charge on any atom is -0.448 e. The molecule has 2 aromatic rings. The number of ether oxygens (including phenoxy) is 2. The lowest BCUT2D eigenvalue weighted by molar-refractivity contribution is -0.151. The Kier molecular flexibility index (Phi) is 9.70. The van der Waals surface area contributed by atoms with Crippen LogP contribution in [0.5, 0.6) is 0 Å². The first-order chi connectivity index (χ1) is 14.0. The minimum atomic E-state index is -0.749. The van der Waals surface area contributed by atoms with Gasteiger partial charge >= 0.3 is 5.97 Å². The number of hydrogen-bond acceptors (Lipinski definition) is 6. The van der Waals surface area contributed by atoms with E-state index in [1.807, 2.05) is 72.6 Å². The van der Waals surface area contributed by atoms with Crippen molar-refractivity contribution in [3.63, 3.8) is 0 Å². The van der Waals surface area contributed by atoms with Crippen LogP contribution >= 0.6 is 12.6 Å². The quantitative estimate of drug-likeness (QED) is 0.335. The van der Waals surface area contributed by atoms with Crippen molar-refractivity contribution in [1.29, 1.82) is 0 Å². The van der Waals surface area contributed by atoms with E-state index < -0.39 is 12.0 Å². The molecule has 0 aromatic heterocycles. The summed E-state index contributed by atoms with van der Waals surface area (Å²) in [6.45, 7) is 2.50. The molecule has 0 unspecified atom stereocenters. The fourth-order valence-corrected chi connectivity index (χ4v) is 2.97. The van der Waals surface area contributed by atoms with Crippen LogP contribution in [0.25, 0.3) is 0 Å². The highest BCUT2D eigenvalue weighted by Gasteiger charge is 2.20. The third-order valence-corrected chi connectivity index (χ3v) is 4.60. The van der Waals surface area contributed by atoms with E-state index in [0.29, 0.717) is 13.2 Å². The zero-order chi connectivity index (χ0) is 21.1. The average molecular weight is 417 g/mol. The highest BCUT2D eigenvalue weighted by molar-refractivity contribution is 7.80. The molecule has 0 aliphatic carbocycles. The van der Waals surface area contributed by atoms with Crippen molar-refractivity contribution in [2.75, 3.05) is 32.7 Å². The van der Waals surface area contributed by atoms with Gasteiger partial charge in [-0.25, -0.2) is 4.79 Å². The van der Waals surface area contributed by atoms with Crippen molar-refractivity contribution >= 4 is 24.5 Å². The normalized spacial score (nSPS) is 12.0. The smallest absolute Gasteiger partial charge is 0.330 e. The molecule has 0 aliphatic heterocycles. The maximum atomic E-state index is 12.0. The van der Waals surface area contributed by atoms with Crippen molar-refractivity contribution in [2.45, 2.75) is 19.1 Å². The van der Waals surface area contributed by atoms with Gasteiger partial charge in [-0.3, -0.25) is 9.69 Å². The highest BCUT2D eigenvalue weighted by Crippen LogP contribution is 2.25. The molecule has 0 aliphatic rings. The fourth-order valence-electron chi connectivity index (χ4n) is 2.73. The van der Waals surface area contributed by atoms with E-state index in [9.17, 15) is 9.59 Å². The number of rotatable bonds is 11. The molecule has 0 saturated heterocycles. The van der Waals surface area contributed by atoms with Crippen molar-refractivity contribution in [2.24, 2.45) is 0 Å². The summed E-state index contributed by atoms with van der Waals surface area (Å²) in [6, 6.07) is 19.4. The zero-order valence-corrected chi connectivity index (χ0v) is 17.7. The molecule has 0 fully saturated rings. The number of amides is 1. The van der Waals surface area contributed by atoms with Crippen molar-refractivity contribution < 1.29 is 19.1 Å². The molecule has 0 saturated carbocycles. The number of thiol groups is 1. The molecule has 6 nitrogen and oxygen atoms in total. The third-order valence-electron chi connectivity index (χ3n) is 4.23. The molecule has 29 heavy (non-hydrogen) atoms. The van der Waals surface area contributed by atoms with Crippen molar-refractivity contribution in [3.8, 4) is 0 Å². The van der Waals surface area contributed by atoms with Gasteiger partial charge in [-0.05, 0) is 18.2 Å². The Labute approximate surface area is 177 Å². The zero-order valence-electron chi connectivity index (χ0n) is 16.8. The average Bonchev–Trinajstić information content (AvgIpc) is 2.74. The van der Waals surface area contributed by atoms with Crippen molar-refractivity contribution in [1.82, 2.24) is 10.2 Å². The molecule has 156 valence electrons. The van der Waals surface area contributed by atoms with Gasteiger partial charge in [-0.2, -0.15) is 12.6 Å². The molecule has 0 spiro atoms. The maximum Gasteiger partial charge on any atom is 0.330 e. The number of nitrogens with zero attached hydrogens (tertiary/aromatic N) is 1. The van der Waals surface area contributed by atoms with E-state index in [-0.39, 0.29) is 24.5 Å². The Morgan fingerprint density at radius 2 is 1.59 bits per heavy atom. The fraction of sp³-hybridized carbons (Fsp3) is 0.364. The Morgan fingerprint density at radius 3 is 2.07 bits per heavy atom. The molecule has 7 heteroatoms. The Balaban J connectivity index is 1.84. The molecule has 0 heterocycles. The number of hydrogen-bond donors (Lipinski definition) is 2. The van der Waals surface area contributed by atoms with Gasteiger partial charge < -0.3 is 14.8 Å². The number of esters is 1. The standard InChI is InChI=1S/C22H28N2O4S/c1-17(25)23-20(15-29)22(26)28-16-24(2)13-14-27-21(18-9-5-3-6-10-18)19-11-7-4-8-12-19/h3-12,20-21,29H,13-16H2,1-2H3,(H,23,25)/t20-/m0/s1. The van der Waals surface area contributed by atoms with Gasteiger partial charge in [-0.15, -0.1) is 0 Å². The third kappa shape index (κ3) is 7.89. The number of carbonyl (C=O) groups excluding carboxylic acids is 2. The molecule has 0 radical (unpaired) electrons. The van der Waals surface area contributed by atoms with Crippen LogP contribution in [0, 0.1) is 0 Å². The Hall–Kier alpha value is -2.35. The van der Waals surface area contributed by atoms with Crippen LogP contribution in [0.2, 0.25) is 0 Å². The topological polar surface area (TPSA) is 67.9 Å². The molecule has 2 aromatic carbocycles. The van der Waals surface area contributed by atoms with Crippen LogP contribution in [0.3, 0.4) is 0 Å². The molecule has 1 amide bonds.